The van der Waals surface area contributed by atoms with E-state index in [9.17, 15) is 0 Å². The Kier molecular flexibility index (Phi) is 9.71. The predicted octanol–water partition coefficient (Wildman–Crippen LogP) is 3.01. The topological polar surface area (TPSA) is 49.5 Å². The fourth-order valence-corrected chi connectivity index (χ4v) is 4.89. The summed E-state index contributed by atoms with van der Waals surface area (Å²) in [5.74, 6) is 0. The fourth-order valence-electron chi connectivity index (χ4n) is 1.92. The van der Waals surface area contributed by atoms with Crippen LogP contribution in [0.25, 0.3) is 0 Å². The zero-order valence-corrected chi connectivity index (χ0v) is 15.1. The van der Waals surface area contributed by atoms with E-state index in [0.29, 0.717) is 32.5 Å². The van der Waals surface area contributed by atoms with Gasteiger partial charge in [-0.25, -0.2) is 0 Å². The molecule has 126 valence electrons. The molecule has 21 heavy (non-hydrogen) atoms. The fraction of sp³-hybridized carbons (Fsp3) is 1.00. The molecule has 1 fully saturated rings. The second kappa shape index (κ2) is 10.7. The van der Waals surface area contributed by atoms with Crippen molar-refractivity contribution in [3.63, 3.8) is 0 Å². The van der Waals surface area contributed by atoms with Crippen LogP contribution in [0.5, 0.6) is 0 Å². The van der Waals surface area contributed by atoms with Gasteiger partial charge in [-0.3, -0.25) is 0 Å². The molecule has 0 aromatic rings. The first-order chi connectivity index (χ1) is 10.2. The summed E-state index contributed by atoms with van der Waals surface area (Å²) in [5.41, 5.74) is 0. The van der Waals surface area contributed by atoms with E-state index in [0.717, 1.165) is 25.9 Å². The van der Waals surface area contributed by atoms with Gasteiger partial charge in [-0.05, 0) is 26.2 Å². The first kappa shape index (κ1) is 19.1. The Bertz CT molecular complexity index is 239. The lowest BCUT2D eigenvalue weighted by Crippen LogP contribution is -2.49. The molecule has 0 saturated carbocycles. The number of hydrogen-bond acceptors (Lipinski definition) is 5. The molecule has 2 atom stereocenters. The molecule has 0 bridgehead atoms. The van der Waals surface area contributed by atoms with Crippen LogP contribution in [0.3, 0.4) is 0 Å². The third-order valence-corrected chi connectivity index (χ3v) is 6.09. The number of rotatable bonds is 14. The molecule has 0 spiro atoms. The van der Waals surface area contributed by atoms with Gasteiger partial charge in [-0.2, -0.15) is 0 Å². The normalized spacial score (nSPS) is 19.7. The van der Waals surface area contributed by atoms with Crippen LogP contribution in [-0.2, 0) is 22.8 Å². The summed E-state index contributed by atoms with van der Waals surface area (Å²) in [5, 5.41) is 0. The van der Waals surface area contributed by atoms with Gasteiger partial charge in [-0.1, -0.05) is 20.8 Å². The lowest BCUT2D eigenvalue weighted by molar-refractivity contribution is 0.0227. The Balaban J connectivity index is 2.54. The average molecular weight is 321 g/mol. The summed E-state index contributed by atoms with van der Waals surface area (Å²) in [7, 11) is -2.64. The molecule has 0 aliphatic carbocycles. The van der Waals surface area contributed by atoms with E-state index in [1.807, 2.05) is 0 Å². The summed E-state index contributed by atoms with van der Waals surface area (Å²) < 4.78 is 29.2. The number of ether oxygens (including phenoxy) is 2. The van der Waals surface area contributed by atoms with Gasteiger partial charge in [0.05, 0.1) is 19.3 Å². The molecule has 0 N–H and O–H groups in total. The summed E-state index contributed by atoms with van der Waals surface area (Å²) in [6.45, 7) is 11.9. The molecule has 1 aliphatic rings. The molecule has 1 rings (SSSR count). The quantitative estimate of drug-likeness (QED) is 0.364. The van der Waals surface area contributed by atoms with Gasteiger partial charge in [0.1, 0.15) is 6.10 Å². The van der Waals surface area contributed by atoms with Gasteiger partial charge in [0.15, 0.2) is 0 Å². The molecule has 5 nitrogen and oxygen atoms in total. The van der Waals surface area contributed by atoms with Gasteiger partial charge >= 0.3 is 8.80 Å². The van der Waals surface area contributed by atoms with Crippen molar-refractivity contribution >= 4 is 8.80 Å². The van der Waals surface area contributed by atoms with Crippen LogP contribution >= 0.6 is 0 Å². The van der Waals surface area contributed by atoms with Crippen LogP contribution < -0.4 is 0 Å². The molecule has 0 amide bonds. The van der Waals surface area contributed by atoms with Crippen LogP contribution in [0.15, 0.2) is 0 Å². The molecule has 1 heterocycles. The van der Waals surface area contributed by atoms with Gasteiger partial charge < -0.3 is 22.8 Å². The van der Waals surface area contributed by atoms with E-state index in [2.05, 4.69) is 27.7 Å². The Hall–Kier alpha value is 0.0169. The molecular weight excluding hydrogens is 288 g/mol. The lowest BCUT2D eigenvalue weighted by atomic mass is 10.4. The molecule has 0 aromatic carbocycles. The summed E-state index contributed by atoms with van der Waals surface area (Å²) in [6.07, 6.45) is 3.24. The summed E-state index contributed by atoms with van der Waals surface area (Å²) in [4.78, 5) is 0. The minimum atomic E-state index is -2.64. The molecule has 0 aromatic heterocycles. The molecule has 1 saturated heterocycles. The highest BCUT2D eigenvalue weighted by Crippen LogP contribution is 2.22. The monoisotopic (exact) mass is 320 g/mol. The van der Waals surface area contributed by atoms with E-state index in [1.165, 1.54) is 0 Å². The van der Waals surface area contributed by atoms with E-state index < -0.39 is 8.80 Å². The molecule has 6 heteroatoms. The van der Waals surface area contributed by atoms with Crippen molar-refractivity contribution < 1.29 is 22.8 Å². The lowest BCUT2D eigenvalue weighted by Gasteiger charge is -2.31. The van der Waals surface area contributed by atoms with Crippen molar-refractivity contribution in [2.45, 2.75) is 65.2 Å². The van der Waals surface area contributed by atoms with Gasteiger partial charge in [0, 0.05) is 25.9 Å². The second-order valence-electron chi connectivity index (χ2n) is 5.53. The van der Waals surface area contributed by atoms with E-state index in [-0.39, 0.29) is 12.2 Å². The Morgan fingerprint density at radius 2 is 1.48 bits per heavy atom. The largest absolute Gasteiger partial charge is 0.503 e. The van der Waals surface area contributed by atoms with Crippen LogP contribution in [0, 0.1) is 0 Å². The highest BCUT2D eigenvalue weighted by molar-refractivity contribution is 6.60. The first-order valence-electron chi connectivity index (χ1n) is 8.30. The molecule has 1 aliphatic heterocycles. The standard InChI is InChI=1S/C15H32O5Si/c1-5-8-18-21(19-9-6-2,20-10-7-3)13-14(4)16-11-15-12-17-15/h14-15H,5-13H2,1-4H3. The van der Waals surface area contributed by atoms with Crippen LogP contribution in [0.1, 0.15) is 47.0 Å². The van der Waals surface area contributed by atoms with Gasteiger partial charge in [0.2, 0.25) is 0 Å². The summed E-state index contributed by atoms with van der Waals surface area (Å²) >= 11 is 0. The smallest absolute Gasteiger partial charge is 0.376 e. The van der Waals surface area contributed by atoms with E-state index >= 15 is 0 Å². The minimum absolute atomic E-state index is 0.0615. The Morgan fingerprint density at radius 1 is 1.00 bits per heavy atom. The second-order valence-corrected chi connectivity index (χ2v) is 8.17. The summed E-state index contributed by atoms with van der Waals surface area (Å²) in [6, 6.07) is 0.708. The van der Waals surface area contributed by atoms with Crippen molar-refractivity contribution in [2.75, 3.05) is 33.0 Å². The van der Waals surface area contributed by atoms with E-state index in [4.69, 9.17) is 22.8 Å². The van der Waals surface area contributed by atoms with E-state index in [1.54, 1.807) is 0 Å². The van der Waals surface area contributed by atoms with Gasteiger partial charge in [0.25, 0.3) is 0 Å². The number of hydrogen-bond donors (Lipinski definition) is 0. The maximum Gasteiger partial charge on any atom is 0.503 e. The van der Waals surface area contributed by atoms with Gasteiger partial charge in [-0.15, -0.1) is 0 Å². The highest BCUT2D eigenvalue weighted by Gasteiger charge is 2.43. The Labute approximate surface area is 130 Å². The van der Waals surface area contributed by atoms with Crippen LogP contribution in [0.2, 0.25) is 6.04 Å². The predicted molar refractivity (Wildman–Crippen MR) is 84.4 cm³/mol. The van der Waals surface area contributed by atoms with Crippen molar-refractivity contribution in [3.05, 3.63) is 0 Å². The maximum absolute atomic E-state index is 6.06. The number of epoxide rings is 1. The van der Waals surface area contributed by atoms with Crippen molar-refractivity contribution in [1.82, 2.24) is 0 Å². The highest BCUT2D eigenvalue weighted by atomic mass is 28.4. The third kappa shape index (κ3) is 8.28. The SMILES string of the molecule is CCCO[Si](CC(C)OCC1CO1)(OCCC)OCCC. The van der Waals surface area contributed by atoms with Crippen molar-refractivity contribution in [1.29, 1.82) is 0 Å². The molecule has 2 unspecified atom stereocenters. The van der Waals surface area contributed by atoms with Crippen molar-refractivity contribution in [3.8, 4) is 0 Å². The minimum Gasteiger partial charge on any atom is -0.376 e. The zero-order chi connectivity index (χ0) is 15.6. The van der Waals surface area contributed by atoms with Crippen molar-refractivity contribution in [2.24, 2.45) is 0 Å². The van der Waals surface area contributed by atoms with Crippen LogP contribution in [0.4, 0.5) is 0 Å². The maximum atomic E-state index is 6.06. The van der Waals surface area contributed by atoms with Crippen LogP contribution in [-0.4, -0.2) is 54.0 Å². The molecular formula is C15H32O5Si. The Morgan fingerprint density at radius 3 is 1.86 bits per heavy atom. The zero-order valence-electron chi connectivity index (χ0n) is 14.1. The first-order valence-corrected chi connectivity index (χ1v) is 10.2. The third-order valence-electron chi connectivity index (χ3n) is 3.08. The average Bonchev–Trinajstić information content (AvgIpc) is 3.31. The molecule has 0 radical (unpaired) electrons.